The van der Waals surface area contributed by atoms with Gasteiger partial charge < -0.3 is 20.3 Å². The van der Waals surface area contributed by atoms with Crippen LogP contribution in [0.1, 0.15) is 10.4 Å². The number of halogens is 1. The van der Waals surface area contributed by atoms with E-state index in [1.54, 1.807) is 26.2 Å². The van der Waals surface area contributed by atoms with Crippen LogP contribution in [0.5, 0.6) is 0 Å². The second-order valence-corrected chi connectivity index (χ2v) is 5.15. The monoisotopic (exact) mass is 313 g/mol. The van der Waals surface area contributed by atoms with Gasteiger partial charge in [0.15, 0.2) is 0 Å². The summed E-state index contributed by atoms with van der Waals surface area (Å²) in [5, 5.41) is 0.312. The smallest absolute Gasteiger partial charge is 0.254 e. The van der Waals surface area contributed by atoms with Crippen LogP contribution in [0.2, 0.25) is 5.02 Å². The normalized spacial score (nSPS) is 10.3. The van der Waals surface area contributed by atoms with Crippen molar-refractivity contribution in [2.75, 3.05) is 46.6 Å². The highest BCUT2D eigenvalue weighted by molar-refractivity contribution is 6.33. The Labute approximate surface area is 129 Å². The molecule has 0 bridgehead atoms. The molecule has 7 heteroatoms. The molecule has 0 saturated heterocycles. The van der Waals surface area contributed by atoms with Crippen LogP contribution in [-0.2, 0) is 9.53 Å². The first-order valence-electron chi connectivity index (χ1n) is 6.40. The highest BCUT2D eigenvalue weighted by atomic mass is 35.5. The number of methoxy groups -OCH3 is 1. The Balaban J connectivity index is 2.92. The number of ether oxygens (including phenoxy) is 1. The molecule has 0 aromatic heterocycles. The summed E-state index contributed by atoms with van der Waals surface area (Å²) in [6.07, 6.45) is 0. The topological polar surface area (TPSA) is 75.9 Å². The Kier molecular flexibility index (Phi) is 6.45. The lowest BCUT2D eigenvalue weighted by Crippen LogP contribution is -2.41. The van der Waals surface area contributed by atoms with Crippen molar-refractivity contribution in [1.82, 2.24) is 9.80 Å². The SMILES string of the molecule is COCCN(CC(=O)N(C)C)C(=O)c1ccc(N)c(Cl)c1. The zero-order valence-electron chi connectivity index (χ0n) is 12.4. The molecule has 0 aliphatic rings. The number of carbonyl (C=O) groups is 2. The van der Waals surface area contributed by atoms with E-state index in [0.29, 0.717) is 29.4 Å². The molecule has 1 aromatic rings. The van der Waals surface area contributed by atoms with E-state index >= 15 is 0 Å². The lowest BCUT2D eigenvalue weighted by atomic mass is 10.1. The van der Waals surface area contributed by atoms with Crippen molar-refractivity contribution in [3.8, 4) is 0 Å². The molecule has 1 rings (SSSR count). The number of nitrogens with two attached hydrogens (primary N) is 1. The quantitative estimate of drug-likeness (QED) is 0.798. The average Bonchev–Trinajstić information content (AvgIpc) is 2.45. The summed E-state index contributed by atoms with van der Waals surface area (Å²) < 4.78 is 4.98. The van der Waals surface area contributed by atoms with Gasteiger partial charge in [-0.1, -0.05) is 11.6 Å². The number of hydrogen-bond donors (Lipinski definition) is 1. The van der Waals surface area contributed by atoms with E-state index in [0.717, 1.165) is 0 Å². The summed E-state index contributed by atoms with van der Waals surface area (Å²) in [6.45, 7) is 0.642. The molecule has 0 heterocycles. The fraction of sp³-hybridized carbons (Fsp3) is 0.429. The summed E-state index contributed by atoms with van der Waals surface area (Å²) in [4.78, 5) is 27.1. The van der Waals surface area contributed by atoms with Gasteiger partial charge in [0.1, 0.15) is 6.54 Å². The Morgan fingerprint density at radius 2 is 2.00 bits per heavy atom. The predicted octanol–water partition coefficient (Wildman–Crippen LogP) is 1.10. The maximum absolute atomic E-state index is 12.5. The predicted molar refractivity (Wildman–Crippen MR) is 82.3 cm³/mol. The van der Waals surface area contributed by atoms with Crippen LogP contribution in [0.15, 0.2) is 18.2 Å². The zero-order chi connectivity index (χ0) is 16.0. The summed E-state index contributed by atoms with van der Waals surface area (Å²) in [5.41, 5.74) is 6.42. The molecule has 0 radical (unpaired) electrons. The van der Waals surface area contributed by atoms with Crippen molar-refractivity contribution in [2.45, 2.75) is 0 Å². The summed E-state index contributed by atoms with van der Waals surface area (Å²) >= 11 is 5.93. The maximum atomic E-state index is 12.5. The van der Waals surface area contributed by atoms with Crippen LogP contribution in [0, 0.1) is 0 Å². The van der Waals surface area contributed by atoms with Crippen molar-refractivity contribution in [2.24, 2.45) is 0 Å². The first-order valence-corrected chi connectivity index (χ1v) is 6.78. The van der Waals surface area contributed by atoms with Gasteiger partial charge in [-0.15, -0.1) is 0 Å². The molecule has 21 heavy (non-hydrogen) atoms. The number of anilines is 1. The van der Waals surface area contributed by atoms with Gasteiger partial charge in [-0.2, -0.15) is 0 Å². The third-order valence-corrected chi connectivity index (χ3v) is 3.25. The molecule has 0 unspecified atom stereocenters. The van der Waals surface area contributed by atoms with Crippen molar-refractivity contribution in [3.05, 3.63) is 28.8 Å². The molecule has 0 saturated carbocycles. The minimum atomic E-state index is -0.288. The van der Waals surface area contributed by atoms with E-state index in [1.807, 2.05) is 0 Å². The van der Waals surface area contributed by atoms with E-state index in [-0.39, 0.29) is 18.4 Å². The molecular formula is C14H20ClN3O3. The van der Waals surface area contributed by atoms with Crippen LogP contribution in [0.4, 0.5) is 5.69 Å². The van der Waals surface area contributed by atoms with Gasteiger partial charge in [-0.3, -0.25) is 9.59 Å². The maximum Gasteiger partial charge on any atom is 0.254 e. The molecular weight excluding hydrogens is 294 g/mol. The number of carbonyl (C=O) groups excluding carboxylic acids is 2. The molecule has 2 N–H and O–H groups in total. The molecule has 6 nitrogen and oxygen atoms in total. The molecule has 0 spiro atoms. The van der Waals surface area contributed by atoms with E-state index < -0.39 is 0 Å². The van der Waals surface area contributed by atoms with Crippen LogP contribution in [-0.4, -0.2) is 62.5 Å². The first-order chi connectivity index (χ1) is 9.86. The van der Waals surface area contributed by atoms with E-state index in [2.05, 4.69) is 0 Å². The Morgan fingerprint density at radius 3 is 2.52 bits per heavy atom. The number of rotatable bonds is 6. The van der Waals surface area contributed by atoms with Crippen molar-refractivity contribution in [3.63, 3.8) is 0 Å². The minimum Gasteiger partial charge on any atom is -0.398 e. The highest BCUT2D eigenvalue weighted by Gasteiger charge is 2.20. The van der Waals surface area contributed by atoms with E-state index in [4.69, 9.17) is 22.1 Å². The second kappa shape index (κ2) is 7.85. The van der Waals surface area contributed by atoms with Gasteiger partial charge in [0.2, 0.25) is 5.91 Å². The van der Waals surface area contributed by atoms with Crippen LogP contribution in [0.25, 0.3) is 0 Å². The fourth-order valence-corrected chi connectivity index (χ4v) is 1.78. The standard InChI is InChI=1S/C14H20ClN3O3/c1-17(2)13(19)9-18(6-7-21-3)14(20)10-4-5-12(16)11(15)8-10/h4-5,8H,6-7,9,16H2,1-3H3. The van der Waals surface area contributed by atoms with Crippen molar-refractivity contribution < 1.29 is 14.3 Å². The highest BCUT2D eigenvalue weighted by Crippen LogP contribution is 2.20. The Bertz CT molecular complexity index is 520. The zero-order valence-corrected chi connectivity index (χ0v) is 13.2. The number of amides is 2. The summed E-state index contributed by atoms with van der Waals surface area (Å²) in [6, 6.07) is 4.65. The number of likely N-dealkylation sites (N-methyl/N-ethyl adjacent to an activating group) is 1. The van der Waals surface area contributed by atoms with Gasteiger partial charge in [-0.05, 0) is 18.2 Å². The molecule has 116 valence electrons. The summed E-state index contributed by atoms with van der Waals surface area (Å²) in [5.74, 6) is -0.454. The molecule has 2 amide bonds. The second-order valence-electron chi connectivity index (χ2n) is 4.74. The van der Waals surface area contributed by atoms with Crippen LogP contribution >= 0.6 is 11.6 Å². The van der Waals surface area contributed by atoms with E-state index in [1.165, 1.54) is 23.0 Å². The van der Waals surface area contributed by atoms with E-state index in [9.17, 15) is 9.59 Å². The molecule has 1 aromatic carbocycles. The fourth-order valence-electron chi connectivity index (χ4n) is 1.60. The number of hydrogen-bond acceptors (Lipinski definition) is 4. The van der Waals surface area contributed by atoms with Gasteiger partial charge in [0, 0.05) is 33.3 Å². The Morgan fingerprint density at radius 1 is 1.33 bits per heavy atom. The molecule has 0 atom stereocenters. The summed E-state index contributed by atoms with van der Waals surface area (Å²) in [7, 11) is 4.82. The number of nitrogen functional groups attached to an aromatic ring is 1. The molecule has 0 aliphatic carbocycles. The lowest BCUT2D eigenvalue weighted by molar-refractivity contribution is -0.129. The largest absolute Gasteiger partial charge is 0.398 e. The van der Waals surface area contributed by atoms with Gasteiger partial charge >= 0.3 is 0 Å². The Hall–Kier alpha value is -1.79. The average molecular weight is 314 g/mol. The number of benzene rings is 1. The van der Waals surface area contributed by atoms with Gasteiger partial charge in [0.25, 0.3) is 5.91 Å². The third kappa shape index (κ3) is 4.91. The van der Waals surface area contributed by atoms with Crippen LogP contribution in [0.3, 0.4) is 0 Å². The first kappa shape index (κ1) is 17.3. The number of nitrogens with zero attached hydrogens (tertiary/aromatic N) is 2. The van der Waals surface area contributed by atoms with Crippen molar-refractivity contribution >= 4 is 29.1 Å². The molecule has 0 fully saturated rings. The van der Waals surface area contributed by atoms with Gasteiger partial charge in [-0.25, -0.2) is 0 Å². The van der Waals surface area contributed by atoms with Gasteiger partial charge in [0.05, 0.1) is 17.3 Å². The lowest BCUT2D eigenvalue weighted by Gasteiger charge is -2.23. The third-order valence-electron chi connectivity index (χ3n) is 2.92. The van der Waals surface area contributed by atoms with Crippen molar-refractivity contribution in [1.29, 1.82) is 0 Å². The van der Waals surface area contributed by atoms with Crippen LogP contribution < -0.4 is 5.73 Å². The molecule has 0 aliphatic heterocycles. The minimum absolute atomic E-state index is 0.0167.